The fraction of sp³-hybridized carbons (Fsp3) is 0.185. The van der Waals surface area contributed by atoms with E-state index < -0.39 is 5.91 Å². The molecule has 33 heavy (non-hydrogen) atoms. The van der Waals surface area contributed by atoms with Crippen LogP contribution < -0.4 is 19.7 Å². The van der Waals surface area contributed by atoms with E-state index in [-0.39, 0.29) is 11.6 Å². The average molecular weight is 443 g/mol. The van der Waals surface area contributed by atoms with Crippen LogP contribution in [0.4, 0.5) is 11.4 Å². The number of hydrogen-bond donors (Lipinski definition) is 1. The molecule has 1 N–H and O–H groups in total. The van der Waals surface area contributed by atoms with Crippen LogP contribution in [0.15, 0.2) is 72.4 Å². The Labute approximate surface area is 193 Å². The standard InChI is InChI=1S/C27H26N2O4/c1-5-33-22-11-7-9-20(16-22)29-26(30)24(23-13-12-17(2)14-18(23)3)25(27(29)31)28-19-8-6-10-21(15-19)32-4/h6-16,28H,5H2,1-4H3. The van der Waals surface area contributed by atoms with E-state index >= 15 is 0 Å². The predicted molar refractivity (Wildman–Crippen MR) is 130 cm³/mol. The van der Waals surface area contributed by atoms with Crippen molar-refractivity contribution in [3.63, 3.8) is 0 Å². The smallest absolute Gasteiger partial charge is 0.282 e. The molecule has 0 unspecified atom stereocenters. The normalized spacial score (nSPS) is 13.5. The molecule has 0 bridgehead atoms. The quantitative estimate of drug-likeness (QED) is 0.515. The summed E-state index contributed by atoms with van der Waals surface area (Å²) in [6.07, 6.45) is 0. The number of rotatable bonds is 7. The van der Waals surface area contributed by atoms with Crippen LogP contribution in [0.5, 0.6) is 11.5 Å². The van der Waals surface area contributed by atoms with Gasteiger partial charge in [0, 0.05) is 17.8 Å². The van der Waals surface area contributed by atoms with E-state index in [2.05, 4.69) is 5.32 Å². The number of hydrogen-bond acceptors (Lipinski definition) is 5. The van der Waals surface area contributed by atoms with Gasteiger partial charge in [-0.15, -0.1) is 0 Å². The summed E-state index contributed by atoms with van der Waals surface area (Å²) in [5, 5.41) is 3.18. The highest BCUT2D eigenvalue weighted by Crippen LogP contribution is 2.36. The molecule has 0 aromatic heterocycles. The lowest BCUT2D eigenvalue weighted by atomic mass is 9.97. The van der Waals surface area contributed by atoms with Gasteiger partial charge in [-0.1, -0.05) is 35.9 Å². The van der Waals surface area contributed by atoms with Gasteiger partial charge in [0.15, 0.2) is 0 Å². The molecular weight excluding hydrogens is 416 g/mol. The molecule has 0 radical (unpaired) electrons. The van der Waals surface area contributed by atoms with Crippen LogP contribution in [-0.4, -0.2) is 25.5 Å². The van der Waals surface area contributed by atoms with Gasteiger partial charge >= 0.3 is 0 Å². The summed E-state index contributed by atoms with van der Waals surface area (Å²) in [5.41, 5.74) is 4.38. The van der Waals surface area contributed by atoms with Gasteiger partial charge in [0.2, 0.25) is 0 Å². The largest absolute Gasteiger partial charge is 0.497 e. The number of carbonyl (C=O) groups is 2. The lowest BCUT2D eigenvalue weighted by molar-refractivity contribution is -0.120. The minimum atomic E-state index is -0.425. The van der Waals surface area contributed by atoms with Crippen LogP contribution >= 0.6 is 0 Å². The van der Waals surface area contributed by atoms with Crippen molar-refractivity contribution in [3.05, 3.63) is 89.1 Å². The molecule has 0 spiro atoms. The molecule has 1 heterocycles. The number of carbonyl (C=O) groups excluding carboxylic acids is 2. The first-order valence-electron chi connectivity index (χ1n) is 10.8. The second kappa shape index (κ2) is 9.20. The monoisotopic (exact) mass is 442 g/mol. The van der Waals surface area contributed by atoms with Crippen LogP contribution in [-0.2, 0) is 9.59 Å². The second-order valence-corrected chi connectivity index (χ2v) is 7.80. The van der Waals surface area contributed by atoms with Gasteiger partial charge in [0.25, 0.3) is 11.8 Å². The fourth-order valence-electron chi connectivity index (χ4n) is 3.95. The number of imide groups is 1. The third-order valence-corrected chi connectivity index (χ3v) is 5.46. The summed E-state index contributed by atoms with van der Waals surface area (Å²) in [6.45, 7) is 6.30. The molecule has 0 fully saturated rings. The number of benzene rings is 3. The van der Waals surface area contributed by atoms with Gasteiger partial charge in [-0.25, -0.2) is 4.90 Å². The van der Waals surface area contributed by atoms with E-state index in [0.29, 0.717) is 40.6 Å². The highest BCUT2D eigenvalue weighted by molar-refractivity contribution is 6.46. The Balaban J connectivity index is 1.83. The number of nitrogens with zero attached hydrogens (tertiary/aromatic N) is 1. The van der Waals surface area contributed by atoms with E-state index in [4.69, 9.17) is 9.47 Å². The predicted octanol–water partition coefficient (Wildman–Crippen LogP) is 5.11. The first-order chi connectivity index (χ1) is 15.9. The first kappa shape index (κ1) is 22.1. The Kier molecular flexibility index (Phi) is 6.18. The number of nitrogens with one attached hydrogen (secondary N) is 1. The number of aryl methyl sites for hydroxylation is 2. The van der Waals surface area contributed by atoms with Crippen molar-refractivity contribution in [1.29, 1.82) is 0 Å². The molecule has 2 amide bonds. The number of methoxy groups -OCH3 is 1. The minimum Gasteiger partial charge on any atom is -0.497 e. The van der Waals surface area contributed by atoms with Gasteiger partial charge in [-0.2, -0.15) is 0 Å². The second-order valence-electron chi connectivity index (χ2n) is 7.80. The molecule has 3 aromatic carbocycles. The third-order valence-electron chi connectivity index (χ3n) is 5.46. The summed E-state index contributed by atoms with van der Waals surface area (Å²) >= 11 is 0. The van der Waals surface area contributed by atoms with Crippen LogP contribution in [0, 0.1) is 13.8 Å². The summed E-state index contributed by atoms with van der Waals surface area (Å²) in [7, 11) is 1.58. The molecule has 1 aliphatic heterocycles. The summed E-state index contributed by atoms with van der Waals surface area (Å²) in [6, 6.07) is 20.1. The van der Waals surface area contributed by atoms with E-state index in [1.54, 1.807) is 37.4 Å². The van der Waals surface area contributed by atoms with Crippen molar-refractivity contribution in [3.8, 4) is 11.5 Å². The first-order valence-corrected chi connectivity index (χ1v) is 10.8. The molecule has 0 aliphatic carbocycles. The van der Waals surface area contributed by atoms with Crippen LogP contribution in [0.25, 0.3) is 5.57 Å². The van der Waals surface area contributed by atoms with Gasteiger partial charge in [-0.05, 0) is 56.2 Å². The van der Waals surface area contributed by atoms with Crippen molar-refractivity contribution in [2.45, 2.75) is 20.8 Å². The van der Waals surface area contributed by atoms with E-state index in [9.17, 15) is 9.59 Å². The molecule has 4 rings (SSSR count). The van der Waals surface area contributed by atoms with E-state index in [1.807, 2.05) is 57.2 Å². The van der Waals surface area contributed by atoms with Gasteiger partial charge in [0.1, 0.15) is 17.2 Å². The summed E-state index contributed by atoms with van der Waals surface area (Å²) in [5.74, 6) is 0.432. The van der Waals surface area contributed by atoms with Crippen molar-refractivity contribution in [1.82, 2.24) is 0 Å². The highest BCUT2D eigenvalue weighted by atomic mass is 16.5. The zero-order chi connectivity index (χ0) is 23.5. The topological polar surface area (TPSA) is 67.9 Å². The molecule has 0 saturated carbocycles. The summed E-state index contributed by atoms with van der Waals surface area (Å²) < 4.78 is 10.9. The van der Waals surface area contributed by atoms with E-state index in [1.165, 1.54) is 4.90 Å². The van der Waals surface area contributed by atoms with Gasteiger partial charge in [-0.3, -0.25) is 9.59 Å². The molecule has 0 atom stereocenters. The number of amides is 2. The zero-order valence-electron chi connectivity index (χ0n) is 19.1. The maximum Gasteiger partial charge on any atom is 0.282 e. The minimum absolute atomic E-state index is 0.224. The maximum atomic E-state index is 13.7. The molecule has 6 heteroatoms. The average Bonchev–Trinajstić information content (AvgIpc) is 3.04. The van der Waals surface area contributed by atoms with Crippen molar-refractivity contribution >= 4 is 28.8 Å². The highest BCUT2D eigenvalue weighted by Gasteiger charge is 2.41. The molecule has 3 aromatic rings. The lowest BCUT2D eigenvalue weighted by Gasteiger charge is -2.17. The SMILES string of the molecule is CCOc1cccc(N2C(=O)C(Nc3cccc(OC)c3)=C(c3ccc(C)cc3C)C2=O)c1. The van der Waals surface area contributed by atoms with Crippen molar-refractivity contribution in [2.24, 2.45) is 0 Å². The van der Waals surface area contributed by atoms with Gasteiger partial charge < -0.3 is 14.8 Å². The van der Waals surface area contributed by atoms with Crippen LogP contribution in [0.3, 0.4) is 0 Å². The summed E-state index contributed by atoms with van der Waals surface area (Å²) in [4.78, 5) is 28.5. The fourth-order valence-corrected chi connectivity index (χ4v) is 3.95. The molecular formula is C27H26N2O4. The lowest BCUT2D eigenvalue weighted by Crippen LogP contribution is -2.32. The third kappa shape index (κ3) is 4.32. The van der Waals surface area contributed by atoms with Gasteiger partial charge in [0.05, 0.1) is 25.0 Å². The Morgan fingerprint density at radius 1 is 0.879 bits per heavy atom. The number of ether oxygens (including phenoxy) is 2. The Bertz CT molecular complexity index is 1260. The zero-order valence-corrected chi connectivity index (χ0v) is 19.1. The van der Waals surface area contributed by atoms with Crippen LogP contribution in [0.2, 0.25) is 0 Å². The number of anilines is 2. The molecule has 0 saturated heterocycles. The Morgan fingerprint density at radius 2 is 1.64 bits per heavy atom. The Hall–Kier alpha value is -4.06. The molecule has 6 nitrogen and oxygen atoms in total. The van der Waals surface area contributed by atoms with E-state index in [0.717, 1.165) is 11.1 Å². The van der Waals surface area contributed by atoms with Crippen molar-refractivity contribution < 1.29 is 19.1 Å². The van der Waals surface area contributed by atoms with Crippen LogP contribution in [0.1, 0.15) is 23.6 Å². The van der Waals surface area contributed by atoms with Crippen molar-refractivity contribution in [2.75, 3.05) is 23.9 Å². The molecule has 1 aliphatic rings. The Morgan fingerprint density at radius 3 is 2.36 bits per heavy atom. The molecule has 168 valence electrons. The maximum absolute atomic E-state index is 13.7.